The van der Waals surface area contributed by atoms with E-state index in [1.165, 1.54) is 25.3 Å². The third-order valence-corrected chi connectivity index (χ3v) is 5.46. The zero-order chi connectivity index (χ0) is 19.2. The molecule has 1 unspecified atom stereocenters. The van der Waals surface area contributed by atoms with Crippen molar-refractivity contribution < 1.29 is 14.7 Å². The molecule has 0 heterocycles. The summed E-state index contributed by atoms with van der Waals surface area (Å²) < 4.78 is 0. The minimum atomic E-state index is -0.791. The Morgan fingerprint density at radius 1 is 1.00 bits per heavy atom. The molecule has 0 amide bonds. The van der Waals surface area contributed by atoms with Crippen LogP contribution in [0.25, 0.3) is 0 Å². The first-order valence-electron chi connectivity index (χ1n) is 9.73. The van der Waals surface area contributed by atoms with E-state index in [4.69, 9.17) is 0 Å². The normalized spacial score (nSPS) is 19.3. The molecule has 0 aromatic heterocycles. The first kappa shape index (κ1) is 21.8. The fourth-order valence-corrected chi connectivity index (χ4v) is 3.22. The lowest BCUT2D eigenvalue weighted by Gasteiger charge is -2.26. The van der Waals surface area contributed by atoms with Crippen LogP contribution in [-0.4, -0.2) is 22.3 Å². The molecule has 142 valence electrons. The fourth-order valence-electron chi connectivity index (χ4n) is 3.22. The lowest BCUT2D eigenvalue weighted by atomic mass is 9.84. The van der Waals surface area contributed by atoms with Crippen LogP contribution in [0.2, 0.25) is 0 Å². The Balaban J connectivity index is 2.44. The fraction of sp³-hybridized carbons (Fsp3) is 0.727. The molecule has 0 spiro atoms. The molecule has 0 bridgehead atoms. The van der Waals surface area contributed by atoms with E-state index in [9.17, 15) is 14.7 Å². The van der Waals surface area contributed by atoms with Crippen molar-refractivity contribution in [1.29, 1.82) is 0 Å². The maximum Gasteiger partial charge on any atom is 0.185 e. The second kappa shape index (κ2) is 9.47. The third kappa shape index (κ3) is 7.27. The molecule has 3 nitrogen and oxygen atoms in total. The van der Waals surface area contributed by atoms with Gasteiger partial charge in [0, 0.05) is 16.7 Å². The molecule has 0 aliphatic heterocycles. The summed E-state index contributed by atoms with van der Waals surface area (Å²) in [5.41, 5.74) is 0.829. The Labute approximate surface area is 153 Å². The zero-order valence-electron chi connectivity index (χ0n) is 16.9. The molecule has 0 fully saturated rings. The van der Waals surface area contributed by atoms with E-state index >= 15 is 0 Å². The molecule has 0 radical (unpaired) electrons. The topological polar surface area (TPSA) is 54.4 Å². The van der Waals surface area contributed by atoms with Crippen molar-refractivity contribution in [3.8, 4) is 0 Å². The van der Waals surface area contributed by atoms with E-state index in [1.54, 1.807) is 13.8 Å². The Bertz CT molecular complexity index is 550. The molecule has 0 saturated heterocycles. The number of Topliss-reactive ketones (excluding diaryl/α,β-unsaturated/α-hetero) is 1. The Morgan fingerprint density at radius 3 is 2.24 bits per heavy atom. The quantitative estimate of drug-likeness (QED) is 0.554. The molecule has 1 rings (SSSR count). The maximum absolute atomic E-state index is 12.3. The van der Waals surface area contributed by atoms with Gasteiger partial charge in [-0.1, -0.05) is 40.0 Å². The largest absolute Gasteiger partial charge is 0.390 e. The summed E-state index contributed by atoms with van der Waals surface area (Å²) in [6.45, 7) is 12.0. The van der Waals surface area contributed by atoms with Crippen molar-refractivity contribution >= 4 is 11.6 Å². The van der Waals surface area contributed by atoms with Crippen LogP contribution >= 0.6 is 0 Å². The van der Waals surface area contributed by atoms with Gasteiger partial charge in [0.05, 0.1) is 5.60 Å². The monoisotopic (exact) mass is 348 g/mol. The number of rotatable bonds is 10. The van der Waals surface area contributed by atoms with Crippen LogP contribution in [0.1, 0.15) is 86.5 Å². The van der Waals surface area contributed by atoms with E-state index < -0.39 is 5.60 Å². The lowest BCUT2D eigenvalue weighted by Crippen LogP contribution is -2.26. The number of aliphatic hydroxyl groups is 1. The van der Waals surface area contributed by atoms with Gasteiger partial charge in [0.1, 0.15) is 0 Å². The molecule has 1 N–H and O–H groups in total. The zero-order valence-corrected chi connectivity index (χ0v) is 16.9. The van der Waals surface area contributed by atoms with Crippen LogP contribution in [-0.2, 0) is 9.59 Å². The maximum atomic E-state index is 12.3. The molecule has 3 heteroatoms. The van der Waals surface area contributed by atoms with Crippen molar-refractivity contribution in [2.45, 2.75) is 92.1 Å². The number of carbonyl (C=O) groups is 2. The van der Waals surface area contributed by atoms with Crippen LogP contribution in [0, 0.1) is 11.8 Å². The Morgan fingerprint density at radius 2 is 1.64 bits per heavy atom. The van der Waals surface area contributed by atoms with E-state index in [2.05, 4.69) is 20.8 Å². The SMILES string of the molecule is CC1=C(C)C(=O)C(CCC(C)(O)CC[C@H](C)CCCC(C)C)=CC1=O. The highest BCUT2D eigenvalue weighted by Gasteiger charge is 2.26. The van der Waals surface area contributed by atoms with E-state index in [0.717, 1.165) is 18.8 Å². The summed E-state index contributed by atoms with van der Waals surface area (Å²) in [6, 6.07) is 0. The van der Waals surface area contributed by atoms with Gasteiger partial charge in [-0.3, -0.25) is 9.59 Å². The number of allylic oxidation sites excluding steroid dienone is 4. The summed E-state index contributed by atoms with van der Waals surface area (Å²) >= 11 is 0. The number of carbonyl (C=O) groups excluding carboxylic acids is 2. The van der Waals surface area contributed by atoms with Gasteiger partial charge >= 0.3 is 0 Å². The summed E-state index contributed by atoms with van der Waals surface area (Å²) in [5.74, 6) is 1.23. The standard InChI is InChI=1S/C22H36O3/c1-15(2)8-7-9-16(3)10-12-22(6,25)13-11-19-14-20(23)17(4)18(5)21(19)24/h14-16,25H,7-13H2,1-6H3/t16-,22?/m1/s1. The van der Waals surface area contributed by atoms with Crippen LogP contribution in [0.4, 0.5) is 0 Å². The Hall–Kier alpha value is -1.22. The number of hydrogen-bond acceptors (Lipinski definition) is 3. The summed E-state index contributed by atoms with van der Waals surface area (Å²) in [7, 11) is 0. The predicted molar refractivity (Wildman–Crippen MR) is 103 cm³/mol. The van der Waals surface area contributed by atoms with E-state index in [1.807, 2.05) is 6.92 Å². The molecule has 2 atom stereocenters. The van der Waals surface area contributed by atoms with Gasteiger partial charge in [0.25, 0.3) is 0 Å². The van der Waals surface area contributed by atoms with Crippen LogP contribution in [0.3, 0.4) is 0 Å². The highest BCUT2D eigenvalue weighted by Crippen LogP contribution is 2.28. The van der Waals surface area contributed by atoms with E-state index in [-0.39, 0.29) is 11.6 Å². The first-order chi connectivity index (χ1) is 11.5. The minimum absolute atomic E-state index is 0.0463. The van der Waals surface area contributed by atoms with Gasteiger partial charge in [-0.15, -0.1) is 0 Å². The van der Waals surface area contributed by atoms with Gasteiger partial charge in [0.15, 0.2) is 11.6 Å². The minimum Gasteiger partial charge on any atom is -0.390 e. The molecule has 1 aliphatic carbocycles. The van der Waals surface area contributed by atoms with Gasteiger partial charge in [-0.05, 0) is 64.4 Å². The van der Waals surface area contributed by atoms with E-state index in [0.29, 0.717) is 35.5 Å². The van der Waals surface area contributed by atoms with Crippen molar-refractivity contribution in [2.75, 3.05) is 0 Å². The van der Waals surface area contributed by atoms with Gasteiger partial charge < -0.3 is 5.11 Å². The van der Waals surface area contributed by atoms with Gasteiger partial charge in [0.2, 0.25) is 0 Å². The molecule has 25 heavy (non-hydrogen) atoms. The average molecular weight is 349 g/mol. The highest BCUT2D eigenvalue weighted by molar-refractivity contribution is 6.22. The second-order valence-corrected chi connectivity index (χ2v) is 8.58. The van der Waals surface area contributed by atoms with Crippen molar-refractivity contribution in [2.24, 2.45) is 11.8 Å². The first-order valence-corrected chi connectivity index (χ1v) is 9.73. The summed E-state index contributed by atoms with van der Waals surface area (Å²) in [5, 5.41) is 10.6. The van der Waals surface area contributed by atoms with Crippen LogP contribution in [0.15, 0.2) is 22.8 Å². The molecule has 1 aliphatic rings. The molecule has 0 saturated carbocycles. The third-order valence-electron chi connectivity index (χ3n) is 5.46. The average Bonchev–Trinajstić information content (AvgIpc) is 2.53. The molecule has 0 aromatic carbocycles. The van der Waals surface area contributed by atoms with Crippen molar-refractivity contribution in [3.05, 3.63) is 22.8 Å². The van der Waals surface area contributed by atoms with Crippen LogP contribution < -0.4 is 0 Å². The predicted octanol–water partition coefficient (Wildman–Crippen LogP) is 5.17. The molecular weight excluding hydrogens is 312 g/mol. The second-order valence-electron chi connectivity index (χ2n) is 8.58. The molecular formula is C22H36O3. The smallest absolute Gasteiger partial charge is 0.185 e. The van der Waals surface area contributed by atoms with Gasteiger partial charge in [-0.25, -0.2) is 0 Å². The lowest BCUT2D eigenvalue weighted by molar-refractivity contribution is -0.116. The van der Waals surface area contributed by atoms with Crippen LogP contribution in [0.5, 0.6) is 0 Å². The summed E-state index contributed by atoms with van der Waals surface area (Å²) in [6.07, 6.45) is 7.87. The summed E-state index contributed by atoms with van der Waals surface area (Å²) in [4.78, 5) is 24.2. The molecule has 0 aromatic rings. The van der Waals surface area contributed by atoms with Gasteiger partial charge in [-0.2, -0.15) is 0 Å². The highest BCUT2D eigenvalue weighted by atomic mass is 16.3. The Kier molecular flexibility index (Phi) is 8.27. The van der Waals surface area contributed by atoms with Crippen molar-refractivity contribution in [3.63, 3.8) is 0 Å². The number of ketones is 2. The number of hydrogen-bond donors (Lipinski definition) is 1. The van der Waals surface area contributed by atoms with Crippen molar-refractivity contribution in [1.82, 2.24) is 0 Å².